The minimum absolute atomic E-state index is 0.0465. The highest BCUT2D eigenvalue weighted by Gasteiger charge is 2.27. The number of nitrogens with zero attached hydrogens (tertiary/aromatic N) is 5. The molecule has 0 spiro atoms. The summed E-state index contributed by atoms with van der Waals surface area (Å²) in [7, 11) is 2.08. The van der Waals surface area contributed by atoms with Crippen molar-refractivity contribution in [1.82, 2.24) is 14.9 Å². The summed E-state index contributed by atoms with van der Waals surface area (Å²) >= 11 is 0. The van der Waals surface area contributed by atoms with Crippen LogP contribution < -0.4 is 10.2 Å². The van der Waals surface area contributed by atoms with Crippen LogP contribution in [-0.4, -0.2) is 59.1 Å². The molecule has 1 aromatic heterocycles. The van der Waals surface area contributed by atoms with Crippen molar-refractivity contribution >= 4 is 17.5 Å². The Labute approximate surface area is 117 Å². The predicted molar refractivity (Wildman–Crippen MR) is 75.0 cm³/mol. The molecule has 1 N–H and O–H groups in total. The van der Waals surface area contributed by atoms with Crippen molar-refractivity contribution in [2.45, 2.75) is 18.9 Å². The molecule has 2 fully saturated rings. The highest BCUT2D eigenvalue weighted by Crippen LogP contribution is 2.30. The lowest BCUT2D eigenvalue weighted by Gasteiger charge is -2.32. The van der Waals surface area contributed by atoms with Crippen molar-refractivity contribution in [3.8, 4) is 0 Å². The van der Waals surface area contributed by atoms with E-state index < -0.39 is 4.92 Å². The molecule has 1 saturated carbocycles. The second kappa shape index (κ2) is 5.20. The van der Waals surface area contributed by atoms with E-state index in [9.17, 15) is 10.1 Å². The largest absolute Gasteiger partial charge is 0.361 e. The van der Waals surface area contributed by atoms with E-state index in [4.69, 9.17) is 0 Å². The average Bonchev–Trinajstić information content (AvgIpc) is 3.23. The number of nitro groups is 1. The minimum atomic E-state index is -0.432. The predicted octanol–water partition coefficient (Wildman–Crippen LogP) is 0.711. The summed E-state index contributed by atoms with van der Waals surface area (Å²) in [5, 5.41) is 14.1. The van der Waals surface area contributed by atoms with Crippen molar-refractivity contribution in [2.75, 3.05) is 43.4 Å². The first kappa shape index (κ1) is 13.0. The van der Waals surface area contributed by atoms with Gasteiger partial charge in [0.2, 0.25) is 11.8 Å². The summed E-state index contributed by atoms with van der Waals surface area (Å²) in [6, 6.07) is 0.323. The Morgan fingerprint density at radius 2 is 2.05 bits per heavy atom. The number of nitrogens with one attached hydrogen (secondary N) is 1. The molecule has 108 valence electrons. The molecule has 20 heavy (non-hydrogen) atoms. The van der Waals surface area contributed by atoms with E-state index in [1.807, 2.05) is 0 Å². The Hall–Kier alpha value is -1.96. The topological polar surface area (TPSA) is 87.4 Å². The van der Waals surface area contributed by atoms with E-state index in [0.29, 0.717) is 17.8 Å². The van der Waals surface area contributed by atoms with Gasteiger partial charge in [0, 0.05) is 32.2 Å². The van der Waals surface area contributed by atoms with Gasteiger partial charge in [0.15, 0.2) is 0 Å². The van der Waals surface area contributed by atoms with E-state index >= 15 is 0 Å². The third-order valence-corrected chi connectivity index (χ3v) is 3.66. The van der Waals surface area contributed by atoms with Crippen LogP contribution in [0.4, 0.5) is 17.5 Å². The van der Waals surface area contributed by atoms with Crippen LogP contribution in [0.25, 0.3) is 0 Å². The van der Waals surface area contributed by atoms with E-state index in [0.717, 1.165) is 39.0 Å². The van der Waals surface area contributed by atoms with E-state index in [-0.39, 0.29) is 5.69 Å². The SMILES string of the molecule is CN1CCN(c2ncc([N+](=O)[O-])c(NC3CC3)n2)CC1. The second-order valence-corrected chi connectivity index (χ2v) is 5.37. The highest BCUT2D eigenvalue weighted by molar-refractivity contribution is 5.58. The third-order valence-electron chi connectivity index (χ3n) is 3.66. The summed E-state index contributed by atoms with van der Waals surface area (Å²) < 4.78 is 0. The number of anilines is 2. The lowest BCUT2D eigenvalue weighted by atomic mass is 10.3. The molecule has 1 saturated heterocycles. The van der Waals surface area contributed by atoms with Crippen LogP contribution in [-0.2, 0) is 0 Å². The number of rotatable bonds is 4. The quantitative estimate of drug-likeness (QED) is 0.641. The fourth-order valence-corrected chi connectivity index (χ4v) is 2.19. The summed E-state index contributed by atoms with van der Waals surface area (Å²) in [5.41, 5.74) is -0.0465. The zero-order chi connectivity index (χ0) is 14.1. The zero-order valence-corrected chi connectivity index (χ0v) is 11.4. The molecule has 0 unspecified atom stereocenters. The molecule has 1 aliphatic heterocycles. The molecule has 0 atom stereocenters. The van der Waals surface area contributed by atoms with Gasteiger partial charge in [0.1, 0.15) is 6.20 Å². The third kappa shape index (κ3) is 2.79. The molecular weight excluding hydrogens is 260 g/mol. The maximum Gasteiger partial charge on any atom is 0.329 e. The Kier molecular flexibility index (Phi) is 3.39. The lowest BCUT2D eigenvalue weighted by Crippen LogP contribution is -2.45. The summed E-state index contributed by atoms with van der Waals surface area (Å²) in [4.78, 5) is 23.4. The summed E-state index contributed by atoms with van der Waals surface area (Å²) in [6.07, 6.45) is 3.40. The fourth-order valence-electron chi connectivity index (χ4n) is 2.19. The summed E-state index contributed by atoms with van der Waals surface area (Å²) in [5.74, 6) is 0.924. The molecule has 3 rings (SSSR count). The Balaban J connectivity index is 1.82. The smallest absolute Gasteiger partial charge is 0.329 e. The van der Waals surface area contributed by atoms with Gasteiger partial charge in [-0.3, -0.25) is 10.1 Å². The molecule has 0 aromatic carbocycles. The van der Waals surface area contributed by atoms with Crippen molar-refractivity contribution in [3.63, 3.8) is 0 Å². The maximum atomic E-state index is 11.0. The standard InChI is InChI=1S/C12H18N6O2/c1-16-4-6-17(7-5-16)12-13-8-10(18(19)20)11(15-12)14-9-2-3-9/h8-9H,2-7H2,1H3,(H,13,14,15). The van der Waals surface area contributed by atoms with Gasteiger partial charge in [0.25, 0.3) is 0 Å². The van der Waals surface area contributed by atoms with E-state index in [1.165, 1.54) is 6.20 Å². The van der Waals surface area contributed by atoms with Crippen molar-refractivity contribution in [1.29, 1.82) is 0 Å². The Bertz CT molecular complexity index is 511. The average molecular weight is 278 g/mol. The number of likely N-dealkylation sites (N-methyl/N-ethyl adjacent to an activating group) is 1. The van der Waals surface area contributed by atoms with Gasteiger partial charge < -0.3 is 15.1 Å². The van der Waals surface area contributed by atoms with Crippen LogP contribution in [0.15, 0.2) is 6.20 Å². The lowest BCUT2D eigenvalue weighted by molar-refractivity contribution is -0.384. The molecule has 0 bridgehead atoms. The zero-order valence-electron chi connectivity index (χ0n) is 11.4. The van der Waals surface area contributed by atoms with Crippen molar-refractivity contribution in [2.24, 2.45) is 0 Å². The van der Waals surface area contributed by atoms with Gasteiger partial charge in [-0.1, -0.05) is 0 Å². The maximum absolute atomic E-state index is 11.0. The highest BCUT2D eigenvalue weighted by atomic mass is 16.6. The number of aromatic nitrogens is 2. The van der Waals surface area contributed by atoms with Gasteiger partial charge in [0.05, 0.1) is 4.92 Å². The van der Waals surface area contributed by atoms with Gasteiger partial charge in [-0.05, 0) is 19.9 Å². The normalized spacial score (nSPS) is 19.9. The molecular formula is C12H18N6O2. The van der Waals surface area contributed by atoms with Crippen LogP contribution in [0.5, 0.6) is 0 Å². The van der Waals surface area contributed by atoms with E-state index in [2.05, 4.69) is 32.1 Å². The number of hydrogen-bond donors (Lipinski definition) is 1. The molecule has 1 aliphatic carbocycles. The van der Waals surface area contributed by atoms with Crippen LogP contribution in [0.1, 0.15) is 12.8 Å². The molecule has 0 radical (unpaired) electrons. The number of hydrogen-bond acceptors (Lipinski definition) is 7. The minimum Gasteiger partial charge on any atom is -0.361 e. The first-order valence-corrected chi connectivity index (χ1v) is 6.85. The first-order chi connectivity index (χ1) is 9.63. The Morgan fingerprint density at radius 3 is 2.65 bits per heavy atom. The fraction of sp³-hybridized carbons (Fsp3) is 0.667. The van der Waals surface area contributed by atoms with Gasteiger partial charge in [-0.15, -0.1) is 0 Å². The first-order valence-electron chi connectivity index (χ1n) is 6.85. The second-order valence-electron chi connectivity index (χ2n) is 5.37. The molecule has 2 heterocycles. The van der Waals surface area contributed by atoms with Crippen molar-refractivity contribution in [3.05, 3.63) is 16.3 Å². The van der Waals surface area contributed by atoms with Gasteiger partial charge >= 0.3 is 5.69 Å². The van der Waals surface area contributed by atoms with Crippen LogP contribution >= 0.6 is 0 Å². The van der Waals surface area contributed by atoms with Crippen LogP contribution in [0, 0.1) is 10.1 Å². The van der Waals surface area contributed by atoms with Crippen LogP contribution in [0.3, 0.4) is 0 Å². The van der Waals surface area contributed by atoms with Crippen LogP contribution in [0.2, 0.25) is 0 Å². The van der Waals surface area contributed by atoms with Crippen molar-refractivity contribution < 1.29 is 4.92 Å². The number of piperazine rings is 1. The van der Waals surface area contributed by atoms with E-state index in [1.54, 1.807) is 0 Å². The molecule has 8 heteroatoms. The molecule has 8 nitrogen and oxygen atoms in total. The molecule has 1 aromatic rings. The Morgan fingerprint density at radius 1 is 1.35 bits per heavy atom. The van der Waals surface area contributed by atoms with Gasteiger partial charge in [-0.25, -0.2) is 4.98 Å². The van der Waals surface area contributed by atoms with Gasteiger partial charge in [-0.2, -0.15) is 4.98 Å². The summed E-state index contributed by atoms with van der Waals surface area (Å²) in [6.45, 7) is 3.59. The molecule has 2 aliphatic rings. The monoisotopic (exact) mass is 278 g/mol. The molecule has 0 amide bonds.